The maximum absolute atomic E-state index is 5.37. The van der Waals surface area contributed by atoms with Gasteiger partial charge in [0.15, 0.2) is 4.67 Å². The molecular formula is C15H15BrN2O2. The fourth-order valence-corrected chi connectivity index (χ4v) is 2.43. The third-order valence-corrected chi connectivity index (χ3v) is 3.59. The molecule has 1 aromatic heterocycles. The quantitative estimate of drug-likeness (QED) is 0.804. The molecule has 1 aliphatic heterocycles. The minimum absolute atomic E-state index is 0.710. The molecule has 0 spiro atoms. The van der Waals surface area contributed by atoms with Crippen molar-refractivity contribution in [2.24, 2.45) is 4.99 Å². The van der Waals surface area contributed by atoms with Crippen LogP contribution >= 0.6 is 15.9 Å². The van der Waals surface area contributed by atoms with Crippen molar-refractivity contribution in [2.75, 3.05) is 31.2 Å². The van der Waals surface area contributed by atoms with Gasteiger partial charge in [-0.15, -0.1) is 0 Å². The molecule has 0 unspecified atom stereocenters. The summed E-state index contributed by atoms with van der Waals surface area (Å²) in [6.07, 6.45) is 1.72. The van der Waals surface area contributed by atoms with Crippen molar-refractivity contribution in [3.8, 4) is 0 Å². The molecule has 20 heavy (non-hydrogen) atoms. The lowest BCUT2D eigenvalue weighted by Crippen LogP contribution is -2.36. The second kappa shape index (κ2) is 6.24. The van der Waals surface area contributed by atoms with Crippen LogP contribution in [0.5, 0.6) is 0 Å². The zero-order valence-electron chi connectivity index (χ0n) is 11.0. The minimum atomic E-state index is 0.710. The van der Waals surface area contributed by atoms with Gasteiger partial charge in [-0.25, -0.2) is 0 Å². The van der Waals surface area contributed by atoms with E-state index in [9.17, 15) is 0 Å². The normalized spacial score (nSPS) is 15.9. The van der Waals surface area contributed by atoms with Crippen LogP contribution in [0.1, 0.15) is 5.76 Å². The highest BCUT2D eigenvalue weighted by Crippen LogP contribution is 2.21. The summed E-state index contributed by atoms with van der Waals surface area (Å²) in [6.45, 7) is 3.49. The van der Waals surface area contributed by atoms with E-state index in [1.54, 1.807) is 6.21 Å². The molecule has 1 fully saturated rings. The standard InChI is InChI=1S/C15H15BrN2O2/c16-15-6-5-14(20-15)11-17-12-1-3-13(4-2-12)18-7-9-19-10-8-18/h1-6,11H,7-10H2. The number of benzene rings is 1. The number of halogens is 1. The van der Waals surface area contributed by atoms with Gasteiger partial charge in [-0.05, 0) is 52.3 Å². The van der Waals surface area contributed by atoms with E-state index in [-0.39, 0.29) is 0 Å². The number of morpholine rings is 1. The molecule has 0 saturated carbocycles. The average molecular weight is 335 g/mol. The third-order valence-electron chi connectivity index (χ3n) is 3.16. The first-order valence-corrected chi connectivity index (χ1v) is 7.33. The highest BCUT2D eigenvalue weighted by molar-refractivity contribution is 9.10. The van der Waals surface area contributed by atoms with E-state index in [1.165, 1.54) is 5.69 Å². The number of hydrogen-bond donors (Lipinski definition) is 0. The molecular weight excluding hydrogens is 320 g/mol. The third kappa shape index (κ3) is 3.29. The van der Waals surface area contributed by atoms with Crippen LogP contribution in [-0.4, -0.2) is 32.5 Å². The molecule has 0 atom stereocenters. The van der Waals surface area contributed by atoms with Crippen molar-refractivity contribution in [1.82, 2.24) is 0 Å². The minimum Gasteiger partial charge on any atom is -0.448 e. The van der Waals surface area contributed by atoms with Crippen molar-refractivity contribution < 1.29 is 9.15 Å². The van der Waals surface area contributed by atoms with Crippen molar-refractivity contribution in [3.63, 3.8) is 0 Å². The Morgan fingerprint density at radius 3 is 2.45 bits per heavy atom. The van der Waals surface area contributed by atoms with Crippen molar-refractivity contribution >= 4 is 33.5 Å². The summed E-state index contributed by atoms with van der Waals surface area (Å²) in [5, 5.41) is 0. The number of rotatable bonds is 3. The summed E-state index contributed by atoms with van der Waals surface area (Å²) in [7, 11) is 0. The highest BCUT2D eigenvalue weighted by Gasteiger charge is 2.10. The van der Waals surface area contributed by atoms with E-state index in [2.05, 4.69) is 38.0 Å². The van der Waals surface area contributed by atoms with E-state index in [0.29, 0.717) is 4.67 Å². The Hall–Kier alpha value is -1.59. The first-order chi connectivity index (χ1) is 9.81. The van der Waals surface area contributed by atoms with Crippen LogP contribution in [0, 0.1) is 0 Å². The summed E-state index contributed by atoms with van der Waals surface area (Å²) in [5.41, 5.74) is 2.13. The molecule has 5 heteroatoms. The smallest absolute Gasteiger partial charge is 0.169 e. The first kappa shape index (κ1) is 13.4. The Kier molecular flexibility index (Phi) is 4.18. The first-order valence-electron chi connectivity index (χ1n) is 6.53. The Morgan fingerprint density at radius 1 is 1.05 bits per heavy atom. The Labute approximate surface area is 126 Å². The second-order valence-electron chi connectivity index (χ2n) is 4.52. The lowest BCUT2D eigenvalue weighted by molar-refractivity contribution is 0.122. The highest BCUT2D eigenvalue weighted by atomic mass is 79.9. The molecule has 104 valence electrons. The molecule has 3 rings (SSSR count). The summed E-state index contributed by atoms with van der Waals surface area (Å²) >= 11 is 3.27. The van der Waals surface area contributed by atoms with E-state index < -0.39 is 0 Å². The predicted molar refractivity (Wildman–Crippen MR) is 83.1 cm³/mol. The summed E-state index contributed by atoms with van der Waals surface area (Å²) in [5.74, 6) is 0.731. The Balaban J connectivity index is 1.68. The zero-order chi connectivity index (χ0) is 13.8. The number of hydrogen-bond acceptors (Lipinski definition) is 4. The van der Waals surface area contributed by atoms with E-state index in [4.69, 9.17) is 9.15 Å². The summed E-state index contributed by atoms with van der Waals surface area (Å²) < 4.78 is 11.4. The van der Waals surface area contributed by atoms with Gasteiger partial charge in [0.2, 0.25) is 0 Å². The number of nitrogens with zero attached hydrogens (tertiary/aromatic N) is 2. The Morgan fingerprint density at radius 2 is 1.80 bits per heavy atom. The monoisotopic (exact) mass is 334 g/mol. The van der Waals surface area contributed by atoms with Gasteiger partial charge in [0, 0.05) is 18.8 Å². The number of aliphatic imine (C=N–C) groups is 1. The molecule has 0 bridgehead atoms. The maximum atomic E-state index is 5.37. The van der Waals surface area contributed by atoms with Gasteiger partial charge >= 0.3 is 0 Å². The van der Waals surface area contributed by atoms with Crippen LogP contribution < -0.4 is 4.90 Å². The largest absolute Gasteiger partial charge is 0.448 e. The van der Waals surface area contributed by atoms with E-state index >= 15 is 0 Å². The fourth-order valence-electron chi connectivity index (χ4n) is 2.11. The van der Waals surface area contributed by atoms with Gasteiger partial charge in [0.25, 0.3) is 0 Å². The summed E-state index contributed by atoms with van der Waals surface area (Å²) in [6, 6.07) is 11.9. The lowest BCUT2D eigenvalue weighted by Gasteiger charge is -2.28. The van der Waals surface area contributed by atoms with Gasteiger partial charge in [-0.2, -0.15) is 0 Å². The SMILES string of the molecule is Brc1ccc(C=Nc2ccc(N3CCOCC3)cc2)o1. The number of furan rings is 1. The van der Waals surface area contributed by atoms with Crippen LogP contribution in [0.15, 0.2) is 50.5 Å². The molecule has 1 aromatic carbocycles. The molecule has 1 aliphatic rings. The lowest BCUT2D eigenvalue weighted by atomic mass is 10.2. The second-order valence-corrected chi connectivity index (χ2v) is 5.30. The molecule has 2 aromatic rings. The molecule has 2 heterocycles. The Bertz CT molecular complexity index is 586. The molecule has 0 aliphatic carbocycles. The van der Waals surface area contributed by atoms with Gasteiger partial charge in [-0.3, -0.25) is 4.99 Å². The van der Waals surface area contributed by atoms with E-state index in [1.807, 2.05) is 24.3 Å². The molecule has 4 nitrogen and oxygen atoms in total. The van der Waals surface area contributed by atoms with Gasteiger partial charge in [-0.1, -0.05) is 0 Å². The van der Waals surface area contributed by atoms with Crippen LogP contribution in [0.4, 0.5) is 11.4 Å². The van der Waals surface area contributed by atoms with Crippen molar-refractivity contribution in [1.29, 1.82) is 0 Å². The van der Waals surface area contributed by atoms with E-state index in [0.717, 1.165) is 37.8 Å². The van der Waals surface area contributed by atoms with Crippen LogP contribution in [0.2, 0.25) is 0 Å². The van der Waals surface area contributed by atoms with Gasteiger partial charge in [0.1, 0.15) is 5.76 Å². The number of ether oxygens (including phenoxy) is 1. The van der Waals surface area contributed by atoms with Crippen LogP contribution in [0.3, 0.4) is 0 Å². The fraction of sp³-hybridized carbons (Fsp3) is 0.267. The number of anilines is 1. The average Bonchev–Trinajstić information content (AvgIpc) is 2.92. The van der Waals surface area contributed by atoms with Gasteiger partial charge < -0.3 is 14.1 Å². The van der Waals surface area contributed by atoms with Gasteiger partial charge in [0.05, 0.1) is 25.1 Å². The van der Waals surface area contributed by atoms with Crippen LogP contribution in [-0.2, 0) is 4.74 Å². The molecule has 1 saturated heterocycles. The topological polar surface area (TPSA) is 38.0 Å². The summed E-state index contributed by atoms with van der Waals surface area (Å²) in [4.78, 5) is 6.71. The predicted octanol–water partition coefficient (Wildman–Crippen LogP) is 3.63. The maximum Gasteiger partial charge on any atom is 0.169 e. The van der Waals surface area contributed by atoms with Crippen molar-refractivity contribution in [3.05, 3.63) is 46.8 Å². The molecule has 0 N–H and O–H groups in total. The van der Waals surface area contributed by atoms with Crippen molar-refractivity contribution in [2.45, 2.75) is 0 Å². The molecule has 0 amide bonds. The van der Waals surface area contributed by atoms with Crippen LogP contribution in [0.25, 0.3) is 0 Å². The zero-order valence-corrected chi connectivity index (χ0v) is 12.5. The molecule has 0 radical (unpaired) electrons.